The lowest BCUT2D eigenvalue weighted by Gasteiger charge is -2.36. The topological polar surface area (TPSA) is 82.4 Å². The standard InChI is InChI=1S/C17H21N3O3/c1-19-16(22)17(12-23-2)8-4-10-20(17)15(21)14-6-3-5-13(11-14)7-9-18/h3,5-6,11H,4,7-8,10,12H2,1-2H3,(H,19,22). The van der Waals surface area contributed by atoms with Crippen LogP contribution in [0.4, 0.5) is 0 Å². The highest BCUT2D eigenvalue weighted by Gasteiger charge is 2.49. The number of rotatable bonds is 5. The number of nitrogens with one attached hydrogen (secondary N) is 1. The lowest BCUT2D eigenvalue weighted by Crippen LogP contribution is -2.59. The van der Waals surface area contributed by atoms with Crippen LogP contribution in [0.15, 0.2) is 24.3 Å². The molecular weight excluding hydrogens is 294 g/mol. The molecule has 6 nitrogen and oxygen atoms in total. The van der Waals surface area contributed by atoms with Gasteiger partial charge in [-0.05, 0) is 30.5 Å². The number of nitriles is 1. The molecule has 2 rings (SSSR count). The average Bonchev–Trinajstić information content (AvgIpc) is 2.99. The van der Waals surface area contributed by atoms with Crippen LogP contribution < -0.4 is 5.32 Å². The van der Waals surface area contributed by atoms with E-state index in [-0.39, 0.29) is 24.8 Å². The van der Waals surface area contributed by atoms with Gasteiger partial charge < -0.3 is 15.0 Å². The predicted molar refractivity (Wildman–Crippen MR) is 84.7 cm³/mol. The average molecular weight is 315 g/mol. The number of nitrogens with zero attached hydrogens (tertiary/aromatic N) is 2. The van der Waals surface area contributed by atoms with E-state index >= 15 is 0 Å². The van der Waals surface area contributed by atoms with Crippen molar-refractivity contribution < 1.29 is 14.3 Å². The number of benzene rings is 1. The molecule has 0 aromatic heterocycles. The zero-order valence-electron chi connectivity index (χ0n) is 13.5. The Morgan fingerprint density at radius 3 is 2.91 bits per heavy atom. The minimum Gasteiger partial charge on any atom is -0.382 e. The Kier molecular flexibility index (Phi) is 5.35. The molecule has 1 unspecified atom stereocenters. The number of likely N-dealkylation sites (N-methyl/N-ethyl adjacent to an activating group) is 1. The van der Waals surface area contributed by atoms with Gasteiger partial charge in [-0.25, -0.2) is 0 Å². The van der Waals surface area contributed by atoms with Gasteiger partial charge in [0.15, 0.2) is 0 Å². The number of carbonyl (C=O) groups excluding carboxylic acids is 2. The molecule has 23 heavy (non-hydrogen) atoms. The van der Waals surface area contributed by atoms with Crippen LogP contribution in [0.2, 0.25) is 0 Å². The van der Waals surface area contributed by atoms with Crippen molar-refractivity contribution in [2.24, 2.45) is 0 Å². The molecule has 2 amide bonds. The highest BCUT2D eigenvalue weighted by atomic mass is 16.5. The van der Waals surface area contributed by atoms with Crippen LogP contribution in [-0.2, 0) is 16.0 Å². The van der Waals surface area contributed by atoms with E-state index in [1.165, 1.54) is 7.11 Å². The number of hydrogen-bond acceptors (Lipinski definition) is 4. The van der Waals surface area contributed by atoms with Gasteiger partial charge in [-0.1, -0.05) is 12.1 Å². The first-order valence-corrected chi connectivity index (χ1v) is 7.58. The van der Waals surface area contributed by atoms with Crippen LogP contribution in [0, 0.1) is 11.3 Å². The Labute approximate surface area is 136 Å². The fraction of sp³-hybridized carbons (Fsp3) is 0.471. The fourth-order valence-electron chi connectivity index (χ4n) is 3.16. The van der Waals surface area contributed by atoms with Crippen molar-refractivity contribution in [3.63, 3.8) is 0 Å². The maximum absolute atomic E-state index is 12.9. The number of likely N-dealkylation sites (tertiary alicyclic amines) is 1. The van der Waals surface area contributed by atoms with Crippen LogP contribution in [0.1, 0.15) is 28.8 Å². The molecule has 1 aliphatic heterocycles. The van der Waals surface area contributed by atoms with E-state index in [2.05, 4.69) is 11.4 Å². The largest absolute Gasteiger partial charge is 0.382 e. The fourth-order valence-corrected chi connectivity index (χ4v) is 3.16. The van der Waals surface area contributed by atoms with E-state index in [9.17, 15) is 9.59 Å². The van der Waals surface area contributed by atoms with Crippen molar-refractivity contribution >= 4 is 11.8 Å². The summed E-state index contributed by atoms with van der Waals surface area (Å²) >= 11 is 0. The first-order chi connectivity index (χ1) is 11.1. The molecule has 1 aliphatic rings. The minimum absolute atomic E-state index is 0.163. The lowest BCUT2D eigenvalue weighted by atomic mass is 9.95. The molecule has 0 saturated carbocycles. The van der Waals surface area contributed by atoms with E-state index in [4.69, 9.17) is 10.00 Å². The van der Waals surface area contributed by atoms with Gasteiger partial charge in [0.2, 0.25) is 5.91 Å². The molecule has 122 valence electrons. The van der Waals surface area contributed by atoms with E-state index in [0.717, 1.165) is 12.0 Å². The Morgan fingerprint density at radius 1 is 1.48 bits per heavy atom. The Balaban J connectivity index is 2.34. The van der Waals surface area contributed by atoms with E-state index < -0.39 is 5.54 Å². The summed E-state index contributed by atoms with van der Waals surface area (Å²) in [7, 11) is 3.09. The molecule has 1 N–H and O–H groups in total. The molecule has 0 spiro atoms. The summed E-state index contributed by atoms with van der Waals surface area (Å²) < 4.78 is 5.23. The van der Waals surface area contributed by atoms with Gasteiger partial charge in [0.25, 0.3) is 5.91 Å². The zero-order chi connectivity index (χ0) is 16.9. The van der Waals surface area contributed by atoms with Crippen LogP contribution in [0.5, 0.6) is 0 Å². The second-order valence-corrected chi connectivity index (χ2v) is 5.64. The molecule has 1 saturated heterocycles. The summed E-state index contributed by atoms with van der Waals surface area (Å²) in [6.45, 7) is 0.675. The lowest BCUT2D eigenvalue weighted by molar-refractivity contribution is -0.133. The SMILES string of the molecule is CNC(=O)C1(COC)CCCN1C(=O)c1cccc(CC#N)c1. The van der Waals surface area contributed by atoms with Crippen LogP contribution in [-0.4, -0.2) is 49.6 Å². The summed E-state index contributed by atoms with van der Waals surface area (Å²) in [6, 6.07) is 9.07. The number of ether oxygens (including phenoxy) is 1. The smallest absolute Gasteiger partial charge is 0.254 e. The van der Waals surface area contributed by atoms with Gasteiger partial charge in [-0.15, -0.1) is 0 Å². The molecule has 6 heteroatoms. The summed E-state index contributed by atoms with van der Waals surface area (Å²) in [5.41, 5.74) is 0.310. The normalized spacial score (nSPS) is 20.1. The van der Waals surface area contributed by atoms with E-state index in [1.54, 1.807) is 30.1 Å². The number of carbonyl (C=O) groups is 2. The summed E-state index contributed by atoms with van der Waals surface area (Å²) in [4.78, 5) is 26.9. The van der Waals surface area contributed by atoms with Crippen molar-refractivity contribution in [2.45, 2.75) is 24.8 Å². The first kappa shape index (κ1) is 17.0. The van der Waals surface area contributed by atoms with Gasteiger partial charge in [0.1, 0.15) is 5.54 Å². The summed E-state index contributed by atoms with van der Waals surface area (Å²) in [6.07, 6.45) is 1.57. The maximum Gasteiger partial charge on any atom is 0.254 e. The summed E-state index contributed by atoms with van der Waals surface area (Å²) in [5, 5.41) is 11.4. The molecule has 1 atom stereocenters. The molecule has 0 radical (unpaired) electrons. The third kappa shape index (κ3) is 3.20. The molecule has 0 aliphatic carbocycles. The number of hydrogen-bond donors (Lipinski definition) is 1. The Bertz CT molecular complexity index is 638. The van der Waals surface area contributed by atoms with Gasteiger partial charge in [-0.3, -0.25) is 9.59 Å². The number of methoxy groups -OCH3 is 1. The van der Waals surface area contributed by atoms with Gasteiger partial charge in [-0.2, -0.15) is 5.26 Å². The van der Waals surface area contributed by atoms with Crippen LogP contribution >= 0.6 is 0 Å². The predicted octanol–water partition coefficient (Wildman–Crippen LogP) is 1.12. The van der Waals surface area contributed by atoms with E-state index in [0.29, 0.717) is 18.5 Å². The highest BCUT2D eigenvalue weighted by Crippen LogP contribution is 2.31. The first-order valence-electron chi connectivity index (χ1n) is 7.58. The van der Waals surface area contributed by atoms with Crippen LogP contribution in [0.3, 0.4) is 0 Å². The molecular formula is C17H21N3O3. The van der Waals surface area contributed by atoms with Crippen molar-refractivity contribution in [2.75, 3.05) is 27.3 Å². The molecule has 1 heterocycles. The van der Waals surface area contributed by atoms with Gasteiger partial charge >= 0.3 is 0 Å². The van der Waals surface area contributed by atoms with E-state index in [1.807, 2.05) is 6.07 Å². The summed E-state index contributed by atoms with van der Waals surface area (Å²) in [5.74, 6) is -0.415. The monoisotopic (exact) mass is 315 g/mol. The number of amides is 2. The second-order valence-electron chi connectivity index (χ2n) is 5.64. The van der Waals surface area contributed by atoms with Crippen molar-refractivity contribution in [1.82, 2.24) is 10.2 Å². The van der Waals surface area contributed by atoms with Crippen molar-refractivity contribution in [3.8, 4) is 6.07 Å². The Hall–Kier alpha value is -2.39. The third-order valence-corrected chi connectivity index (χ3v) is 4.22. The molecule has 1 fully saturated rings. The van der Waals surface area contributed by atoms with Gasteiger partial charge in [0, 0.05) is 26.3 Å². The van der Waals surface area contributed by atoms with Crippen molar-refractivity contribution in [3.05, 3.63) is 35.4 Å². The highest BCUT2D eigenvalue weighted by molar-refractivity contribution is 6.00. The third-order valence-electron chi connectivity index (χ3n) is 4.22. The zero-order valence-corrected chi connectivity index (χ0v) is 13.5. The van der Waals surface area contributed by atoms with Crippen molar-refractivity contribution in [1.29, 1.82) is 5.26 Å². The molecule has 1 aromatic carbocycles. The quantitative estimate of drug-likeness (QED) is 0.882. The van der Waals surface area contributed by atoms with Gasteiger partial charge in [0.05, 0.1) is 19.1 Å². The minimum atomic E-state index is -0.966. The molecule has 0 bridgehead atoms. The second kappa shape index (κ2) is 7.25. The maximum atomic E-state index is 12.9. The molecule has 1 aromatic rings. The van der Waals surface area contributed by atoms with Crippen LogP contribution in [0.25, 0.3) is 0 Å². The Morgan fingerprint density at radius 2 is 2.26 bits per heavy atom.